The van der Waals surface area contributed by atoms with Crippen molar-refractivity contribution in [1.29, 1.82) is 0 Å². The molecule has 2 aliphatic heterocycles. The van der Waals surface area contributed by atoms with Gasteiger partial charge >= 0.3 is 0 Å². The molecule has 0 aliphatic carbocycles. The van der Waals surface area contributed by atoms with Crippen LogP contribution in [0.15, 0.2) is 42.5 Å². The Morgan fingerprint density at radius 3 is 2.55 bits per heavy atom. The highest BCUT2D eigenvalue weighted by Crippen LogP contribution is 2.39. The molecule has 1 N–H and O–H groups in total. The van der Waals surface area contributed by atoms with Crippen LogP contribution in [0.2, 0.25) is 0 Å². The molecule has 4 rings (SSSR count). The van der Waals surface area contributed by atoms with E-state index < -0.39 is 0 Å². The summed E-state index contributed by atoms with van der Waals surface area (Å²) in [4.78, 5) is 16.8. The quantitative estimate of drug-likeness (QED) is 0.838. The number of piperazine rings is 1. The minimum atomic E-state index is -0.341. The van der Waals surface area contributed by atoms with Crippen molar-refractivity contribution >= 4 is 11.6 Å². The summed E-state index contributed by atoms with van der Waals surface area (Å²) in [6.45, 7) is 6.33. The minimum Gasteiger partial charge on any atom is -0.489 e. The van der Waals surface area contributed by atoms with Crippen molar-refractivity contribution in [2.24, 2.45) is 0 Å². The standard InChI is InChI=1S/C22H26FN3O3/c23-18-7-5-17(6-8-18)22(27)24-9-10-25-11-13-26(14-12-25)19-3-1-4-20-21(19)29-16-2-15-28-20/h1,3-8H,2,9-16H2,(H,24,27). The average molecular weight is 399 g/mol. The van der Waals surface area contributed by atoms with E-state index in [1.54, 1.807) is 0 Å². The maximum absolute atomic E-state index is 13.0. The van der Waals surface area contributed by atoms with E-state index in [4.69, 9.17) is 9.47 Å². The summed E-state index contributed by atoms with van der Waals surface area (Å²) in [6, 6.07) is 11.7. The number of nitrogens with one attached hydrogen (secondary N) is 1. The van der Waals surface area contributed by atoms with Crippen LogP contribution in [0, 0.1) is 5.82 Å². The third-order valence-corrected chi connectivity index (χ3v) is 5.28. The van der Waals surface area contributed by atoms with E-state index in [1.165, 1.54) is 24.3 Å². The molecule has 0 aromatic heterocycles. The molecule has 2 aromatic rings. The second-order valence-corrected chi connectivity index (χ2v) is 7.25. The molecule has 29 heavy (non-hydrogen) atoms. The first kappa shape index (κ1) is 19.5. The van der Waals surface area contributed by atoms with Gasteiger partial charge in [-0.25, -0.2) is 4.39 Å². The van der Waals surface area contributed by atoms with Gasteiger partial charge in [0.2, 0.25) is 0 Å². The molecule has 1 amide bonds. The van der Waals surface area contributed by atoms with Gasteiger partial charge in [-0.15, -0.1) is 0 Å². The summed E-state index contributed by atoms with van der Waals surface area (Å²) in [5, 5.41) is 2.90. The molecule has 2 aromatic carbocycles. The smallest absolute Gasteiger partial charge is 0.251 e. The van der Waals surface area contributed by atoms with E-state index in [0.717, 1.165) is 56.3 Å². The van der Waals surface area contributed by atoms with Crippen LogP contribution in [-0.2, 0) is 0 Å². The fourth-order valence-electron chi connectivity index (χ4n) is 3.67. The highest BCUT2D eigenvalue weighted by molar-refractivity contribution is 5.94. The van der Waals surface area contributed by atoms with Crippen LogP contribution in [0.3, 0.4) is 0 Å². The molecule has 0 saturated carbocycles. The van der Waals surface area contributed by atoms with E-state index >= 15 is 0 Å². The maximum Gasteiger partial charge on any atom is 0.251 e. The molecule has 7 heteroatoms. The molecule has 2 heterocycles. The normalized spacial score (nSPS) is 16.9. The summed E-state index contributed by atoms with van der Waals surface area (Å²) in [5.74, 6) is 1.16. The molecule has 0 unspecified atom stereocenters. The fraction of sp³-hybridized carbons (Fsp3) is 0.409. The lowest BCUT2D eigenvalue weighted by Crippen LogP contribution is -2.48. The zero-order chi connectivity index (χ0) is 20.1. The van der Waals surface area contributed by atoms with Gasteiger partial charge in [-0.1, -0.05) is 6.07 Å². The molecular weight excluding hydrogens is 373 g/mol. The zero-order valence-corrected chi connectivity index (χ0v) is 16.4. The van der Waals surface area contributed by atoms with Crippen molar-refractivity contribution in [3.63, 3.8) is 0 Å². The van der Waals surface area contributed by atoms with Gasteiger partial charge in [0.15, 0.2) is 11.5 Å². The molecule has 1 saturated heterocycles. The van der Waals surface area contributed by atoms with Crippen LogP contribution in [0.25, 0.3) is 0 Å². The number of carbonyl (C=O) groups is 1. The van der Waals surface area contributed by atoms with Gasteiger partial charge in [0.1, 0.15) is 5.82 Å². The largest absolute Gasteiger partial charge is 0.489 e. The third kappa shape index (κ3) is 4.79. The predicted molar refractivity (Wildman–Crippen MR) is 109 cm³/mol. The molecular formula is C22H26FN3O3. The molecule has 0 spiro atoms. The summed E-state index contributed by atoms with van der Waals surface area (Å²) < 4.78 is 24.7. The Morgan fingerprint density at radius 1 is 1.00 bits per heavy atom. The summed E-state index contributed by atoms with van der Waals surface area (Å²) in [6.07, 6.45) is 0.894. The summed E-state index contributed by atoms with van der Waals surface area (Å²) >= 11 is 0. The number of ether oxygens (including phenoxy) is 2. The highest BCUT2D eigenvalue weighted by Gasteiger charge is 2.23. The number of carbonyl (C=O) groups excluding carboxylic acids is 1. The Labute approximate surface area is 170 Å². The van der Waals surface area contributed by atoms with Crippen LogP contribution < -0.4 is 19.7 Å². The zero-order valence-electron chi connectivity index (χ0n) is 16.4. The summed E-state index contributed by atoms with van der Waals surface area (Å²) in [7, 11) is 0. The topological polar surface area (TPSA) is 54.0 Å². The number of anilines is 1. The van der Waals surface area contributed by atoms with Crippen molar-refractivity contribution in [1.82, 2.24) is 10.2 Å². The average Bonchev–Trinajstić information content (AvgIpc) is 3.00. The van der Waals surface area contributed by atoms with E-state index in [-0.39, 0.29) is 11.7 Å². The SMILES string of the molecule is O=C(NCCN1CCN(c2cccc3c2OCCCO3)CC1)c1ccc(F)cc1. The van der Waals surface area contributed by atoms with E-state index in [1.807, 2.05) is 12.1 Å². The second-order valence-electron chi connectivity index (χ2n) is 7.25. The Bertz CT molecular complexity index is 836. The lowest BCUT2D eigenvalue weighted by Gasteiger charge is -2.36. The van der Waals surface area contributed by atoms with Crippen LogP contribution >= 0.6 is 0 Å². The Hall–Kier alpha value is -2.80. The van der Waals surface area contributed by atoms with Gasteiger partial charge in [-0.2, -0.15) is 0 Å². The maximum atomic E-state index is 13.0. The number of rotatable bonds is 5. The number of hydrogen-bond acceptors (Lipinski definition) is 5. The predicted octanol–water partition coefficient (Wildman–Crippen LogP) is 2.54. The van der Waals surface area contributed by atoms with E-state index in [2.05, 4.69) is 21.2 Å². The number of para-hydroxylation sites is 1. The molecule has 2 aliphatic rings. The number of benzene rings is 2. The number of hydrogen-bond donors (Lipinski definition) is 1. The van der Waals surface area contributed by atoms with Gasteiger partial charge in [-0.3, -0.25) is 9.69 Å². The second kappa shape index (κ2) is 9.13. The first-order valence-electron chi connectivity index (χ1n) is 10.1. The number of nitrogens with zero attached hydrogens (tertiary/aromatic N) is 2. The van der Waals surface area contributed by atoms with Crippen molar-refractivity contribution in [3.05, 3.63) is 53.8 Å². The Kier molecular flexibility index (Phi) is 6.14. The van der Waals surface area contributed by atoms with Gasteiger partial charge in [-0.05, 0) is 36.4 Å². The van der Waals surface area contributed by atoms with Crippen molar-refractivity contribution in [3.8, 4) is 11.5 Å². The van der Waals surface area contributed by atoms with Crippen molar-refractivity contribution in [2.45, 2.75) is 6.42 Å². The van der Waals surface area contributed by atoms with Gasteiger partial charge < -0.3 is 19.7 Å². The Balaban J connectivity index is 1.26. The van der Waals surface area contributed by atoms with Crippen molar-refractivity contribution in [2.75, 3.05) is 57.4 Å². The first-order chi connectivity index (χ1) is 14.2. The fourth-order valence-corrected chi connectivity index (χ4v) is 3.67. The number of amides is 1. The highest BCUT2D eigenvalue weighted by atomic mass is 19.1. The number of halogens is 1. The first-order valence-corrected chi connectivity index (χ1v) is 10.1. The van der Waals surface area contributed by atoms with Gasteiger partial charge in [0.25, 0.3) is 5.91 Å². The van der Waals surface area contributed by atoms with Crippen LogP contribution in [0.1, 0.15) is 16.8 Å². The Morgan fingerprint density at radius 2 is 1.76 bits per heavy atom. The third-order valence-electron chi connectivity index (χ3n) is 5.28. The molecule has 1 fully saturated rings. The van der Waals surface area contributed by atoms with Crippen LogP contribution in [-0.4, -0.2) is 63.3 Å². The van der Waals surface area contributed by atoms with Crippen molar-refractivity contribution < 1.29 is 18.7 Å². The molecule has 0 atom stereocenters. The van der Waals surface area contributed by atoms with Gasteiger partial charge in [0, 0.05) is 51.3 Å². The monoisotopic (exact) mass is 399 g/mol. The van der Waals surface area contributed by atoms with Gasteiger partial charge in [0.05, 0.1) is 18.9 Å². The lowest BCUT2D eigenvalue weighted by atomic mass is 10.2. The van der Waals surface area contributed by atoms with Crippen LogP contribution in [0.4, 0.5) is 10.1 Å². The lowest BCUT2D eigenvalue weighted by molar-refractivity contribution is 0.0947. The number of fused-ring (bicyclic) bond motifs is 1. The van der Waals surface area contributed by atoms with E-state index in [0.29, 0.717) is 25.3 Å². The summed E-state index contributed by atoms with van der Waals surface area (Å²) in [5.41, 5.74) is 1.57. The minimum absolute atomic E-state index is 0.173. The molecule has 0 bridgehead atoms. The molecule has 154 valence electrons. The molecule has 6 nitrogen and oxygen atoms in total. The van der Waals surface area contributed by atoms with E-state index in [9.17, 15) is 9.18 Å². The van der Waals surface area contributed by atoms with Crippen LogP contribution in [0.5, 0.6) is 11.5 Å². The molecule has 0 radical (unpaired) electrons.